The van der Waals surface area contributed by atoms with Crippen molar-refractivity contribution in [2.24, 2.45) is 5.73 Å². The van der Waals surface area contributed by atoms with Gasteiger partial charge in [-0.2, -0.15) is 0 Å². The summed E-state index contributed by atoms with van der Waals surface area (Å²) in [6, 6.07) is 3.03. The van der Waals surface area contributed by atoms with Crippen molar-refractivity contribution in [2.75, 3.05) is 0 Å². The summed E-state index contributed by atoms with van der Waals surface area (Å²) in [6.07, 6.45) is 1.63. The molecule has 0 unspecified atom stereocenters. The number of hydrogen-bond donors (Lipinski definition) is 4. The zero-order valence-corrected chi connectivity index (χ0v) is 9.22. The Hall–Kier alpha value is -2.34. The van der Waals surface area contributed by atoms with Crippen LogP contribution in [0.25, 0.3) is 16.5 Å². The number of nitrogens with two attached hydrogens (primary N) is 1. The number of carbonyl (C=O) groups is 1. The van der Waals surface area contributed by atoms with Crippen LogP contribution in [-0.4, -0.2) is 27.2 Å². The smallest absolute Gasteiger partial charge is 0.325 e. The Kier molecular flexibility index (Phi) is 3.03. The number of nitrogens with one attached hydrogen (secondary N) is 1. The number of aromatic hydroxyl groups is 1. The first kappa shape index (κ1) is 12.1. The molecule has 0 amide bonds. The van der Waals surface area contributed by atoms with Crippen LogP contribution in [0.4, 0.5) is 4.39 Å². The van der Waals surface area contributed by atoms with Gasteiger partial charge in [0.2, 0.25) is 0 Å². The minimum atomic E-state index is -1.46. The molecular weight excluding hydrogens is 239 g/mol. The quantitative estimate of drug-likeness (QED) is 0.664. The van der Waals surface area contributed by atoms with E-state index in [1.807, 2.05) is 0 Å². The van der Waals surface area contributed by atoms with Crippen LogP contribution >= 0.6 is 0 Å². The molecule has 0 saturated heterocycles. The largest absolute Gasteiger partial charge is 0.508 e. The third kappa shape index (κ3) is 1.93. The lowest BCUT2D eigenvalue weighted by Crippen LogP contribution is -2.31. The summed E-state index contributed by atoms with van der Waals surface area (Å²) in [6.45, 7) is 0. The van der Waals surface area contributed by atoms with Gasteiger partial charge in [-0.3, -0.25) is 4.79 Å². The van der Waals surface area contributed by atoms with E-state index < -0.39 is 12.0 Å². The average Bonchev–Trinajstić information content (AvgIpc) is 2.73. The molecule has 0 aliphatic rings. The molecule has 2 rings (SSSR count). The van der Waals surface area contributed by atoms with Gasteiger partial charge in [0.1, 0.15) is 11.8 Å². The fourth-order valence-corrected chi connectivity index (χ4v) is 1.77. The van der Waals surface area contributed by atoms with Crippen molar-refractivity contribution in [3.8, 4) is 5.75 Å². The van der Waals surface area contributed by atoms with Gasteiger partial charge in [0.25, 0.3) is 0 Å². The van der Waals surface area contributed by atoms with Crippen LogP contribution in [0.1, 0.15) is 5.56 Å². The fourth-order valence-electron chi connectivity index (χ4n) is 1.77. The van der Waals surface area contributed by atoms with E-state index in [0.717, 1.165) is 0 Å². The van der Waals surface area contributed by atoms with Crippen molar-refractivity contribution < 1.29 is 19.4 Å². The van der Waals surface area contributed by atoms with Crippen LogP contribution in [0.5, 0.6) is 5.75 Å². The molecule has 0 saturated carbocycles. The number of aliphatic carboxylic acids is 1. The second-order valence-electron chi connectivity index (χ2n) is 3.81. The summed E-state index contributed by atoms with van der Waals surface area (Å²) in [5.41, 5.74) is 6.22. The number of phenolic OH excluding ortho intramolecular Hbond substituents is 1. The molecule has 2 aromatic rings. The van der Waals surface area contributed by atoms with Crippen molar-refractivity contribution in [2.45, 2.75) is 6.04 Å². The predicted octanol–water partition coefficient (Wildman–Crippen LogP) is 1.60. The van der Waals surface area contributed by atoms with Gasteiger partial charge in [0.15, 0.2) is 0 Å². The lowest BCUT2D eigenvalue weighted by molar-refractivity contribution is -0.137. The fraction of sp³-hybridized carbons (Fsp3) is 0.0833. The molecule has 5 N–H and O–H groups in total. The Morgan fingerprint density at radius 2 is 2.22 bits per heavy atom. The number of phenols is 1. The number of carboxylic acids is 1. The number of carboxylic acid groups (broad SMARTS) is 1. The first-order valence-corrected chi connectivity index (χ1v) is 5.13. The van der Waals surface area contributed by atoms with Crippen LogP contribution in [0.3, 0.4) is 0 Å². The van der Waals surface area contributed by atoms with Crippen molar-refractivity contribution in [3.05, 3.63) is 36.3 Å². The normalized spacial score (nSPS) is 13.8. The third-order valence-corrected chi connectivity index (χ3v) is 2.69. The lowest BCUT2D eigenvalue weighted by Gasteiger charge is -2.09. The summed E-state index contributed by atoms with van der Waals surface area (Å²) in [4.78, 5) is 13.7. The highest BCUT2D eigenvalue weighted by Gasteiger charge is 2.21. The van der Waals surface area contributed by atoms with Gasteiger partial charge in [-0.1, -0.05) is 0 Å². The molecule has 0 bridgehead atoms. The number of aromatic amines is 1. The minimum Gasteiger partial charge on any atom is -0.508 e. The first-order chi connectivity index (χ1) is 8.54. The molecule has 5 nitrogen and oxygen atoms in total. The molecule has 18 heavy (non-hydrogen) atoms. The van der Waals surface area contributed by atoms with Crippen LogP contribution in [0.2, 0.25) is 0 Å². The Morgan fingerprint density at radius 1 is 1.50 bits per heavy atom. The van der Waals surface area contributed by atoms with E-state index in [2.05, 4.69) is 4.98 Å². The monoisotopic (exact) mass is 250 g/mol. The maximum Gasteiger partial charge on any atom is 0.325 e. The average molecular weight is 250 g/mol. The molecule has 0 radical (unpaired) electrons. The first-order valence-electron chi connectivity index (χ1n) is 5.13. The van der Waals surface area contributed by atoms with Crippen LogP contribution in [0, 0.1) is 0 Å². The van der Waals surface area contributed by atoms with Gasteiger partial charge < -0.3 is 20.9 Å². The van der Waals surface area contributed by atoms with Gasteiger partial charge in [0.05, 0.1) is 6.33 Å². The Morgan fingerprint density at radius 3 is 2.83 bits per heavy atom. The van der Waals surface area contributed by atoms with Crippen LogP contribution in [0.15, 0.2) is 30.7 Å². The standard InChI is InChI=1S/C12H11FN2O3/c13-4-8(11(14)12(17)18)9-5-15-10-2-1-6(16)3-7(9)10/h1-5,11,15-16H,14H2,(H,17,18)/b8-4+/t11-/m0/s1. The SMILES string of the molecule is N[C@H](C(=O)O)/C(=C/F)c1c[nH]c2ccc(O)cc12. The Labute approximate surface area is 101 Å². The highest BCUT2D eigenvalue weighted by atomic mass is 19.1. The van der Waals surface area contributed by atoms with Gasteiger partial charge in [-0.15, -0.1) is 0 Å². The molecule has 1 aromatic heterocycles. The number of H-pyrrole nitrogens is 1. The lowest BCUT2D eigenvalue weighted by atomic mass is 10.00. The van der Waals surface area contributed by atoms with Crippen molar-refractivity contribution in [3.63, 3.8) is 0 Å². The summed E-state index contributed by atoms with van der Waals surface area (Å²) in [5.74, 6) is -1.32. The van der Waals surface area contributed by atoms with E-state index in [4.69, 9.17) is 10.8 Å². The molecule has 0 fully saturated rings. The van der Waals surface area contributed by atoms with E-state index in [1.54, 1.807) is 6.07 Å². The molecule has 0 spiro atoms. The molecule has 0 aliphatic carbocycles. The maximum atomic E-state index is 12.9. The highest BCUT2D eigenvalue weighted by Crippen LogP contribution is 2.29. The van der Waals surface area contributed by atoms with Crippen molar-refractivity contribution in [1.82, 2.24) is 4.98 Å². The molecule has 1 aromatic carbocycles. The molecule has 94 valence electrons. The van der Waals surface area contributed by atoms with Gasteiger partial charge in [-0.05, 0) is 18.2 Å². The molecule has 6 heteroatoms. The van der Waals surface area contributed by atoms with Gasteiger partial charge in [-0.25, -0.2) is 4.39 Å². The van der Waals surface area contributed by atoms with Crippen molar-refractivity contribution >= 4 is 22.4 Å². The van der Waals surface area contributed by atoms with E-state index in [1.165, 1.54) is 18.3 Å². The molecule has 0 aliphatic heterocycles. The minimum absolute atomic E-state index is 0.00505. The third-order valence-electron chi connectivity index (χ3n) is 2.69. The highest BCUT2D eigenvalue weighted by molar-refractivity contribution is 5.99. The second kappa shape index (κ2) is 4.50. The summed E-state index contributed by atoms with van der Waals surface area (Å²) in [5, 5.41) is 18.7. The second-order valence-corrected chi connectivity index (χ2v) is 3.81. The molecule has 1 heterocycles. The number of halogens is 1. The van der Waals surface area contributed by atoms with Crippen LogP contribution in [-0.2, 0) is 4.79 Å². The van der Waals surface area contributed by atoms with E-state index in [9.17, 15) is 14.3 Å². The Balaban J connectivity index is 2.59. The van der Waals surface area contributed by atoms with Crippen LogP contribution < -0.4 is 5.73 Å². The van der Waals surface area contributed by atoms with Gasteiger partial charge in [0, 0.05) is 28.2 Å². The maximum absolute atomic E-state index is 12.9. The molecular formula is C12H11FN2O3. The van der Waals surface area contributed by atoms with E-state index >= 15 is 0 Å². The van der Waals surface area contributed by atoms with Gasteiger partial charge >= 0.3 is 5.97 Å². The van der Waals surface area contributed by atoms with Crippen molar-refractivity contribution in [1.29, 1.82) is 0 Å². The summed E-state index contributed by atoms with van der Waals surface area (Å²) in [7, 11) is 0. The number of benzene rings is 1. The number of hydrogen-bond acceptors (Lipinski definition) is 3. The van der Waals surface area contributed by atoms with E-state index in [0.29, 0.717) is 16.5 Å². The topological polar surface area (TPSA) is 99.3 Å². The summed E-state index contributed by atoms with van der Waals surface area (Å²) >= 11 is 0. The predicted molar refractivity (Wildman–Crippen MR) is 64.7 cm³/mol. The number of rotatable bonds is 3. The molecule has 1 atom stereocenters. The zero-order valence-electron chi connectivity index (χ0n) is 9.22. The Bertz CT molecular complexity index is 633. The zero-order chi connectivity index (χ0) is 13.3. The summed E-state index contributed by atoms with van der Waals surface area (Å²) < 4.78 is 12.9. The van der Waals surface area contributed by atoms with E-state index in [-0.39, 0.29) is 17.7 Å². The number of fused-ring (bicyclic) bond motifs is 1. The number of aromatic nitrogens is 1.